The van der Waals surface area contributed by atoms with E-state index in [9.17, 15) is 4.79 Å². The lowest BCUT2D eigenvalue weighted by atomic mass is 10.0. The van der Waals surface area contributed by atoms with Gasteiger partial charge >= 0.3 is 0 Å². The van der Waals surface area contributed by atoms with E-state index < -0.39 is 0 Å². The molecule has 0 radical (unpaired) electrons. The van der Waals surface area contributed by atoms with Crippen molar-refractivity contribution in [1.29, 1.82) is 0 Å². The van der Waals surface area contributed by atoms with E-state index in [4.69, 9.17) is 0 Å². The van der Waals surface area contributed by atoms with Crippen LogP contribution in [0.1, 0.15) is 44.0 Å². The summed E-state index contributed by atoms with van der Waals surface area (Å²) in [5.41, 5.74) is 4.08. The van der Waals surface area contributed by atoms with Crippen LogP contribution >= 0.6 is 0 Å². The molecule has 6 heteroatoms. The minimum absolute atomic E-state index is 0.0685. The number of carbonyl (C=O) groups excluding carboxylic acids is 1. The Hall–Kier alpha value is -2.99. The summed E-state index contributed by atoms with van der Waals surface area (Å²) in [7, 11) is 0. The molecule has 0 spiro atoms. The van der Waals surface area contributed by atoms with Crippen LogP contribution < -0.4 is 10.6 Å². The lowest BCUT2D eigenvalue weighted by Crippen LogP contribution is -2.22. The maximum atomic E-state index is 11.2. The van der Waals surface area contributed by atoms with Gasteiger partial charge in [0.1, 0.15) is 12.7 Å². The van der Waals surface area contributed by atoms with Crippen LogP contribution in [0.2, 0.25) is 0 Å². The highest BCUT2D eigenvalue weighted by Gasteiger charge is 2.12. The Balaban J connectivity index is 1.72. The van der Waals surface area contributed by atoms with Gasteiger partial charge in [-0.2, -0.15) is 5.10 Å². The van der Waals surface area contributed by atoms with Crippen LogP contribution in [0.4, 0.5) is 5.69 Å². The third kappa shape index (κ3) is 4.34. The van der Waals surface area contributed by atoms with E-state index in [0.29, 0.717) is 0 Å². The van der Waals surface area contributed by atoms with E-state index in [2.05, 4.69) is 52.8 Å². The summed E-state index contributed by atoms with van der Waals surface area (Å²) in [5.74, 6) is -0.0685. The maximum absolute atomic E-state index is 11.2. The van der Waals surface area contributed by atoms with Crippen molar-refractivity contribution in [3.63, 3.8) is 0 Å². The highest BCUT2D eigenvalue weighted by molar-refractivity contribution is 5.88. The number of nitrogens with one attached hydrogen (secondary N) is 2. The first kappa shape index (κ1) is 17.8. The summed E-state index contributed by atoms with van der Waals surface area (Å²) < 4.78 is 1.75. The van der Waals surface area contributed by atoms with E-state index in [0.717, 1.165) is 16.9 Å². The SMILES string of the molecule is CC(=O)Nc1cccc([C@@H](C)N[C@@H](C)c2cccc(-n3cncn3)c2)c1. The molecular formula is C20H23N5O. The van der Waals surface area contributed by atoms with Crippen LogP contribution in [-0.4, -0.2) is 20.7 Å². The molecule has 2 N–H and O–H groups in total. The first-order valence-electron chi connectivity index (χ1n) is 8.61. The number of aromatic nitrogens is 3. The van der Waals surface area contributed by atoms with E-state index >= 15 is 0 Å². The smallest absolute Gasteiger partial charge is 0.221 e. The zero-order valence-electron chi connectivity index (χ0n) is 15.2. The van der Waals surface area contributed by atoms with Gasteiger partial charge in [-0.15, -0.1) is 0 Å². The third-order valence-electron chi connectivity index (χ3n) is 4.26. The molecule has 0 saturated carbocycles. The molecule has 3 aromatic rings. The van der Waals surface area contributed by atoms with Crippen molar-refractivity contribution in [3.05, 3.63) is 72.3 Å². The molecule has 2 aromatic carbocycles. The number of rotatable bonds is 6. The minimum Gasteiger partial charge on any atom is -0.326 e. The molecule has 0 fully saturated rings. The Morgan fingerprint density at radius 1 is 1.04 bits per heavy atom. The van der Waals surface area contributed by atoms with Crippen LogP contribution in [0.15, 0.2) is 61.2 Å². The number of hydrogen-bond acceptors (Lipinski definition) is 4. The van der Waals surface area contributed by atoms with E-state index in [1.807, 2.05) is 30.3 Å². The summed E-state index contributed by atoms with van der Waals surface area (Å²) in [6, 6.07) is 16.4. The van der Waals surface area contributed by atoms with Crippen molar-refractivity contribution >= 4 is 11.6 Å². The Labute approximate surface area is 153 Å². The molecule has 1 aromatic heterocycles. The quantitative estimate of drug-likeness (QED) is 0.713. The molecule has 134 valence electrons. The van der Waals surface area contributed by atoms with Gasteiger partial charge < -0.3 is 10.6 Å². The molecule has 1 amide bonds. The first-order chi connectivity index (χ1) is 12.5. The second kappa shape index (κ2) is 7.93. The van der Waals surface area contributed by atoms with Gasteiger partial charge in [0.2, 0.25) is 5.91 Å². The Kier molecular flexibility index (Phi) is 5.43. The predicted molar refractivity (Wildman–Crippen MR) is 102 cm³/mol. The fourth-order valence-corrected chi connectivity index (χ4v) is 2.93. The second-order valence-corrected chi connectivity index (χ2v) is 6.35. The van der Waals surface area contributed by atoms with Crippen molar-refractivity contribution in [2.45, 2.75) is 32.9 Å². The van der Waals surface area contributed by atoms with Gasteiger partial charge in [-0.3, -0.25) is 4.79 Å². The molecule has 0 saturated heterocycles. The Bertz CT molecular complexity index is 875. The summed E-state index contributed by atoms with van der Waals surface area (Å²) in [4.78, 5) is 15.2. The van der Waals surface area contributed by atoms with Crippen LogP contribution in [0.5, 0.6) is 0 Å². The topological polar surface area (TPSA) is 71.8 Å². The lowest BCUT2D eigenvalue weighted by molar-refractivity contribution is -0.114. The predicted octanol–water partition coefficient (Wildman–Crippen LogP) is 3.64. The first-order valence-corrected chi connectivity index (χ1v) is 8.61. The highest BCUT2D eigenvalue weighted by Crippen LogP contribution is 2.23. The standard InChI is InChI=1S/C20H23N5O/c1-14(17-6-4-8-19(10-17)24-16(3)26)23-15(2)18-7-5-9-20(11-18)25-13-21-12-22-25/h4-15,23H,1-3H3,(H,24,26)/t14-,15+/m1/s1. The average Bonchev–Trinajstić information content (AvgIpc) is 3.16. The molecule has 0 aliphatic rings. The number of hydrogen-bond donors (Lipinski definition) is 2. The Morgan fingerprint density at radius 3 is 2.38 bits per heavy atom. The van der Waals surface area contributed by atoms with Crippen molar-refractivity contribution in [1.82, 2.24) is 20.1 Å². The zero-order chi connectivity index (χ0) is 18.5. The van der Waals surface area contributed by atoms with Crippen molar-refractivity contribution in [2.75, 3.05) is 5.32 Å². The van der Waals surface area contributed by atoms with Gasteiger partial charge in [0.25, 0.3) is 0 Å². The number of carbonyl (C=O) groups is 1. The number of benzene rings is 2. The van der Waals surface area contributed by atoms with Crippen LogP contribution in [0.25, 0.3) is 5.69 Å². The van der Waals surface area contributed by atoms with Crippen LogP contribution in [0, 0.1) is 0 Å². The normalized spacial score (nSPS) is 13.2. The molecule has 6 nitrogen and oxygen atoms in total. The summed E-state index contributed by atoms with van der Waals surface area (Å²) in [6.07, 6.45) is 3.21. The van der Waals surface area contributed by atoms with Crippen molar-refractivity contribution in [3.8, 4) is 5.69 Å². The van der Waals surface area contributed by atoms with E-state index in [1.165, 1.54) is 18.8 Å². The monoisotopic (exact) mass is 349 g/mol. The molecular weight excluding hydrogens is 326 g/mol. The van der Waals surface area contributed by atoms with E-state index in [1.54, 1.807) is 11.0 Å². The molecule has 2 atom stereocenters. The van der Waals surface area contributed by atoms with Crippen LogP contribution in [-0.2, 0) is 4.79 Å². The molecule has 1 heterocycles. The van der Waals surface area contributed by atoms with Gasteiger partial charge in [-0.05, 0) is 49.2 Å². The van der Waals surface area contributed by atoms with Gasteiger partial charge in [-0.25, -0.2) is 9.67 Å². The summed E-state index contributed by atoms with van der Waals surface area (Å²) in [5, 5.41) is 10.6. The van der Waals surface area contributed by atoms with Gasteiger partial charge in [-0.1, -0.05) is 24.3 Å². The van der Waals surface area contributed by atoms with Gasteiger partial charge in [0.05, 0.1) is 5.69 Å². The zero-order valence-corrected chi connectivity index (χ0v) is 15.2. The molecule has 3 rings (SSSR count). The fraction of sp³-hybridized carbons (Fsp3) is 0.250. The molecule has 26 heavy (non-hydrogen) atoms. The molecule has 0 aliphatic heterocycles. The minimum atomic E-state index is -0.0685. The third-order valence-corrected chi connectivity index (χ3v) is 4.26. The lowest BCUT2D eigenvalue weighted by Gasteiger charge is -2.22. The van der Waals surface area contributed by atoms with Gasteiger partial charge in [0.15, 0.2) is 0 Å². The Morgan fingerprint density at radius 2 is 1.73 bits per heavy atom. The number of anilines is 1. The molecule has 0 unspecified atom stereocenters. The number of amides is 1. The maximum Gasteiger partial charge on any atom is 0.221 e. The fourth-order valence-electron chi connectivity index (χ4n) is 2.93. The number of nitrogens with zero attached hydrogens (tertiary/aromatic N) is 3. The van der Waals surface area contributed by atoms with Crippen molar-refractivity contribution in [2.24, 2.45) is 0 Å². The van der Waals surface area contributed by atoms with Crippen LogP contribution in [0.3, 0.4) is 0 Å². The van der Waals surface area contributed by atoms with E-state index in [-0.39, 0.29) is 18.0 Å². The van der Waals surface area contributed by atoms with Gasteiger partial charge in [0, 0.05) is 24.7 Å². The summed E-state index contributed by atoms with van der Waals surface area (Å²) in [6.45, 7) is 5.76. The molecule has 0 bridgehead atoms. The summed E-state index contributed by atoms with van der Waals surface area (Å²) >= 11 is 0. The second-order valence-electron chi connectivity index (χ2n) is 6.35. The highest BCUT2D eigenvalue weighted by atomic mass is 16.1. The van der Waals surface area contributed by atoms with Crippen molar-refractivity contribution < 1.29 is 4.79 Å². The molecule has 0 aliphatic carbocycles. The largest absolute Gasteiger partial charge is 0.326 e. The average molecular weight is 349 g/mol.